The predicted octanol–water partition coefficient (Wildman–Crippen LogP) is -1.18. The highest BCUT2D eigenvalue weighted by molar-refractivity contribution is 4.52. The Morgan fingerprint density at radius 1 is 1.00 bits per heavy atom. The summed E-state index contributed by atoms with van der Waals surface area (Å²) in [6, 6.07) is 0. The number of hydrogen-bond acceptors (Lipinski definition) is 4. The fourth-order valence-electron chi connectivity index (χ4n) is 0.627. The van der Waals surface area contributed by atoms with E-state index in [0.29, 0.717) is 12.8 Å². The van der Waals surface area contributed by atoms with E-state index in [-0.39, 0.29) is 13.0 Å². The summed E-state index contributed by atoms with van der Waals surface area (Å²) in [5.74, 6) is 0. The van der Waals surface area contributed by atoms with E-state index < -0.39 is 12.4 Å². The summed E-state index contributed by atoms with van der Waals surface area (Å²) in [4.78, 5) is 0. The van der Waals surface area contributed by atoms with Crippen molar-refractivity contribution in [1.82, 2.24) is 0 Å². The van der Waals surface area contributed by atoms with Crippen molar-refractivity contribution in [2.24, 2.45) is 0 Å². The van der Waals surface area contributed by atoms with Crippen LogP contribution in [0.4, 0.5) is 0 Å². The maximum atomic E-state index is 8.76. The molecule has 0 aromatic rings. The van der Waals surface area contributed by atoms with E-state index >= 15 is 0 Å². The van der Waals surface area contributed by atoms with Crippen LogP contribution < -0.4 is 0 Å². The molecule has 0 saturated heterocycles. The lowest BCUT2D eigenvalue weighted by molar-refractivity contribution is -0.0487. The van der Waals surface area contributed by atoms with Crippen LogP contribution in [0.3, 0.4) is 0 Å². The summed E-state index contributed by atoms with van der Waals surface area (Å²) in [5, 5.41) is 33.8. The standard InChI is InChI=1S/C6H14O4/c7-4-5(8)2-1-3-6(9)10/h5-10H,1-4H2. The zero-order valence-corrected chi connectivity index (χ0v) is 5.77. The Hall–Kier alpha value is -0.160. The molecule has 0 fully saturated rings. The quantitative estimate of drug-likeness (QED) is 0.372. The fraction of sp³-hybridized carbons (Fsp3) is 1.00. The molecule has 0 amide bonds. The molecule has 0 aliphatic heterocycles. The zero-order valence-electron chi connectivity index (χ0n) is 5.77. The minimum atomic E-state index is -1.30. The van der Waals surface area contributed by atoms with Gasteiger partial charge < -0.3 is 20.4 Å². The van der Waals surface area contributed by atoms with Crippen molar-refractivity contribution in [3.05, 3.63) is 0 Å². The molecule has 1 atom stereocenters. The highest BCUT2D eigenvalue weighted by Crippen LogP contribution is 2.01. The van der Waals surface area contributed by atoms with Gasteiger partial charge in [0.1, 0.15) is 0 Å². The van der Waals surface area contributed by atoms with Crippen molar-refractivity contribution in [3.63, 3.8) is 0 Å². The molecule has 0 heterocycles. The lowest BCUT2D eigenvalue weighted by atomic mass is 10.1. The minimum absolute atomic E-state index is 0.247. The van der Waals surface area contributed by atoms with E-state index in [9.17, 15) is 0 Å². The van der Waals surface area contributed by atoms with Crippen molar-refractivity contribution in [2.45, 2.75) is 31.7 Å². The van der Waals surface area contributed by atoms with Crippen molar-refractivity contribution < 1.29 is 20.4 Å². The Morgan fingerprint density at radius 3 is 2.00 bits per heavy atom. The molecular weight excluding hydrogens is 136 g/mol. The summed E-state index contributed by atoms with van der Waals surface area (Å²) >= 11 is 0. The van der Waals surface area contributed by atoms with Gasteiger partial charge in [-0.3, -0.25) is 0 Å². The molecule has 0 aromatic carbocycles. The Kier molecular flexibility index (Phi) is 5.52. The SMILES string of the molecule is OCC(O)CCCC(O)O. The average molecular weight is 150 g/mol. The number of hydrogen-bond donors (Lipinski definition) is 4. The van der Waals surface area contributed by atoms with Gasteiger partial charge in [0.2, 0.25) is 0 Å². The molecule has 0 aliphatic carbocycles. The van der Waals surface area contributed by atoms with Gasteiger partial charge in [-0.05, 0) is 19.3 Å². The molecule has 0 bridgehead atoms. The highest BCUT2D eigenvalue weighted by atomic mass is 16.5. The van der Waals surface area contributed by atoms with E-state index in [0.717, 1.165) is 0 Å². The van der Waals surface area contributed by atoms with Crippen LogP contribution in [-0.2, 0) is 0 Å². The van der Waals surface area contributed by atoms with Crippen LogP contribution in [0.1, 0.15) is 19.3 Å². The fourth-order valence-corrected chi connectivity index (χ4v) is 0.627. The van der Waals surface area contributed by atoms with Gasteiger partial charge in [0, 0.05) is 0 Å². The monoisotopic (exact) mass is 150 g/mol. The first-order valence-electron chi connectivity index (χ1n) is 3.32. The molecule has 4 N–H and O–H groups in total. The zero-order chi connectivity index (χ0) is 7.98. The van der Waals surface area contributed by atoms with Gasteiger partial charge in [-0.1, -0.05) is 0 Å². The average Bonchev–Trinajstić information content (AvgIpc) is 1.87. The maximum absolute atomic E-state index is 8.76. The van der Waals surface area contributed by atoms with Crippen LogP contribution in [0.15, 0.2) is 0 Å². The summed E-state index contributed by atoms with van der Waals surface area (Å²) < 4.78 is 0. The first kappa shape index (κ1) is 9.84. The van der Waals surface area contributed by atoms with Crippen LogP contribution in [0.2, 0.25) is 0 Å². The Labute approximate surface area is 59.7 Å². The summed E-state index contributed by atoms with van der Waals surface area (Å²) in [6.07, 6.45) is -0.852. The summed E-state index contributed by atoms with van der Waals surface area (Å²) in [5.41, 5.74) is 0. The Morgan fingerprint density at radius 2 is 1.60 bits per heavy atom. The Balaban J connectivity index is 3.03. The lowest BCUT2D eigenvalue weighted by Crippen LogP contribution is -2.13. The van der Waals surface area contributed by atoms with E-state index in [2.05, 4.69) is 0 Å². The molecule has 10 heavy (non-hydrogen) atoms. The van der Waals surface area contributed by atoms with Crippen LogP contribution in [0.5, 0.6) is 0 Å². The van der Waals surface area contributed by atoms with Crippen molar-refractivity contribution in [2.75, 3.05) is 6.61 Å². The molecule has 4 heteroatoms. The summed E-state index contributed by atoms with van der Waals surface area (Å²) in [7, 11) is 0. The second-order valence-electron chi connectivity index (χ2n) is 2.25. The minimum Gasteiger partial charge on any atom is -0.394 e. The molecule has 1 unspecified atom stereocenters. The first-order valence-corrected chi connectivity index (χ1v) is 3.32. The summed E-state index contributed by atoms with van der Waals surface area (Å²) in [6.45, 7) is -0.262. The molecular formula is C6H14O4. The van der Waals surface area contributed by atoms with Gasteiger partial charge in [-0.25, -0.2) is 0 Å². The van der Waals surface area contributed by atoms with Crippen molar-refractivity contribution in [1.29, 1.82) is 0 Å². The van der Waals surface area contributed by atoms with E-state index in [1.165, 1.54) is 0 Å². The van der Waals surface area contributed by atoms with Gasteiger partial charge in [-0.2, -0.15) is 0 Å². The van der Waals surface area contributed by atoms with E-state index in [1.807, 2.05) is 0 Å². The molecule has 0 spiro atoms. The number of aliphatic hydroxyl groups excluding tert-OH is 3. The molecule has 0 aliphatic rings. The predicted molar refractivity (Wildman–Crippen MR) is 35.2 cm³/mol. The molecule has 4 nitrogen and oxygen atoms in total. The smallest absolute Gasteiger partial charge is 0.151 e. The van der Waals surface area contributed by atoms with Gasteiger partial charge in [0.15, 0.2) is 6.29 Å². The molecule has 62 valence electrons. The third-order valence-corrected chi connectivity index (χ3v) is 1.21. The highest BCUT2D eigenvalue weighted by Gasteiger charge is 2.02. The van der Waals surface area contributed by atoms with Crippen LogP contribution in [0.25, 0.3) is 0 Å². The maximum Gasteiger partial charge on any atom is 0.151 e. The van der Waals surface area contributed by atoms with Gasteiger partial charge in [0.05, 0.1) is 12.7 Å². The van der Waals surface area contributed by atoms with Crippen molar-refractivity contribution in [3.8, 4) is 0 Å². The molecule has 0 rings (SSSR count). The lowest BCUT2D eigenvalue weighted by Gasteiger charge is -2.06. The van der Waals surface area contributed by atoms with Crippen LogP contribution in [-0.4, -0.2) is 39.4 Å². The largest absolute Gasteiger partial charge is 0.394 e. The third-order valence-electron chi connectivity index (χ3n) is 1.21. The normalized spacial score (nSPS) is 14.1. The first-order chi connectivity index (χ1) is 4.66. The second kappa shape index (κ2) is 5.61. The van der Waals surface area contributed by atoms with Crippen LogP contribution >= 0.6 is 0 Å². The van der Waals surface area contributed by atoms with Crippen LogP contribution in [0, 0.1) is 0 Å². The topological polar surface area (TPSA) is 80.9 Å². The van der Waals surface area contributed by atoms with Gasteiger partial charge >= 0.3 is 0 Å². The third kappa shape index (κ3) is 5.97. The van der Waals surface area contributed by atoms with Gasteiger partial charge in [0.25, 0.3) is 0 Å². The van der Waals surface area contributed by atoms with E-state index in [1.54, 1.807) is 0 Å². The molecule has 0 radical (unpaired) electrons. The van der Waals surface area contributed by atoms with Crippen molar-refractivity contribution >= 4 is 0 Å². The Bertz CT molecular complexity index is 74.1. The van der Waals surface area contributed by atoms with Gasteiger partial charge in [-0.15, -0.1) is 0 Å². The number of aliphatic hydroxyl groups is 4. The molecule has 0 aromatic heterocycles. The second-order valence-corrected chi connectivity index (χ2v) is 2.25. The van der Waals surface area contributed by atoms with E-state index in [4.69, 9.17) is 20.4 Å². The number of rotatable bonds is 5. The molecule has 0 saturated carbocycles.